The lowest BCUT2D eigenvalue weighted by Crippen LogP contribution is -2.38. The SMILES string of the molecule is Cc1cc(C(=O)N2CCCN(CC(N)=O)CC2)ccc1Br. The highest BCUT2D eigenvalue weighted by molar-refractivity contribution is 9.10. The molecule has 2 amide bonds. The van der Waals surface area contributed by atoms with Gasteiger partial charge in [-0.2, -0.15) is 0 Å². The van der Waals surface area contributed by atoms with E-state index in [4.69, 9.17) is 5.73 Å². The van der Waals surface area contributed by atoms with Gasteiger partial charge in [-0.25, -0.2) is 0 Å². The van der Waals surface area contributed by atoms with Gasteiger partial charge < -0.3 is 10.6 Å². The summed E-state index contributed by atoms with van der Waals surface area (Å²) in [7, 11) is 0. The summed E-state index contributed by atoms with van der Waals surface area (Å²) in [5, 5.41) is 0. The number of primary amides is 1. The predicted octanol–water partition coefficient (Wildman–Crippen LogP) is 1.39. The van der Waals surface area contributed by atoms with E-state index in [1.54, 1.807) is 0 Å². The topological polar surface area (TPSA) is 66.6 Å². The Hall–Kier alpha value is -1.40. The van der Waals surface area contributed by atoms with Gasteiger partial charge in [-0.05, 0) is 37.1 Å². The average Bonchev–Trinajstić information content (AvgIpc) is 2.66. The van der Waals surface area contributed by atoms with E-state index in [1.165, 1.54) is 0 Å². The van der Waals surface area contributed by atoms with E-state index in [0.717, 1.165) is 23.0 Å². The summed E-state index contributed by atoms with van der Waals surface area (Å²) >= 11 is 3.44. The molecule has 1 saturated heterocycles. The second-order valence-corrected chi connectivity index (χ2v) is 6.21. The molecule has 0 spiro atoms. The van der Waals surface area contributed by atoms with Gasteiger partial charge in [-0.3, -0.25) is 14.5 Å². The third kappa shape index (κ3) is 4.28. The van der Waals surface area contributed by atoms with E-state index in [-0.39, 0.29) is 18.4 Å². The average molecular weight is 354 g/mol. The number of amides is 2. The van der Waals surface area contributed by atoms with Gasteiger partial charge in [0.25, 0.3) is 5.91 Å². The Balaban J connectivity index is 2.02. The molecule has 1 aliphatic rings. The molecular weight excluding hydrogens is 334 g/mol. The zero-order valence-corrected chi connectivity index (χ0v) is 13.7. The first-order chi connectivity index (χ1) is 9.97. The molecule has 0 atom stereocenters. The number of nitrogens with zero attached hydrogens (tertiary/aromatic N) is 2. The summed E-state index contributed by atoms with van der Waals surface area (Å²) < 4.78 is 1.00. The van der Waals surface area contributed by atoms with Crippen molar-refractivity contribution in [3.8, 4) is 0 Å². The molecular formula is C15H20BrN3O2. The smallest absolute Gasteiger partial charge is 0.253 e. The lowest BCUT2D eigenvalue weighted by atomic mass is 10.1. The maximum absolute atomic E-state index is 12.5. The minimum absolute atomic E-state index is 0.0477. The van der Waals surface area contributed by atoms with Crippen LogP contribution in [0.4, 0.5) is 0 Å². The van der Waals surface area contributed by atoms with Gasteiger partial charge in [-0.1, -0.05) is 15.9 Å². The number of aryl methyl sites for hydroxylation is 1. The van der Waals surface area contributed by atoms with Gasteiger partial charge in [0.2, 0.25) is 5.91 Å². The van der Waals surface area contributed by atoms with Crippen LogP contribution in [0, 0.1) is 6.92 Å². The highest BCUT2D eigenvalue weighted by Gasteiger charge is 2.21. The summed E-state index contributed by atoms with van der Waals surface area (Å²) in [4.78, 5) is 27.4. The van der Waals surface area contributed by atoms with Crippen LogP contribution in [0.25, 0.3) is 0 Å². The van der Waals surface area contributed by atoms with Crippen LogP contribution in [0.5, 0.6) is 0 Å². The van der Waals surface area contributed by atoms with Crippen LogP contribution in [-0.4, -0.2) is 54.3 Å². The molecule has 0 bridgehead atoms. The summed E-state index contributed by atoms with van der Waals surface area (Å²) in [6, 6.07) is 5.64. The molecule has 0 unspecified atom stereocenters. The Morgan fingerprint density at radius 1 is 1.24 bits per heavy atom. The molecule has 0 radical (unpaired) electrons. The van der Waals surface area contributed by atoms with Gasteiger partial charge >= 0.3 is 0 Å². The van der Waals surface area contributed by atoms with E-state index < -0.39 is 0 Å². The van der Waals surface area contributed by atoms with Crippen molar-refractivity contribution >= 4 is 27.7 Å². The third-order valence-electron chi connectivity index (χ3n) is 3.66. The zero-order chi connectivity index (χ0) is 15.4. The quantitative estimate of drug-likeness (QED) is 0.892. The van der Waals surface area contributed by atoms with E-state index in [0.29, 0.717) is 25.2 Å². The first-order valence-corrected chi connectivity index (χ1v) is 7.83. The molecule has 0 aliphatic carbocycles. The first kappa shape index (κ1) is 16.0. The zero-order valence-electron chi connectivity index (χ0n) is 12.1. The minimum Gasteiger partial charge on any atom is -0.369 e. The largest absolute Gasteiger partial charge is 0.369 e. The molecule has 6 heteroatoms. The fourth-order valence-electron chi connectivity index (χ4n) is 2.51. The molecule has 2 N–H and O–H groups in total. The van der Waals surface area contributed by atoms with Crippen molar-refractivity contribution in [2.24, 2.45) is 5.73 Å². The van der Waals surface area contributed by atoms with Crippen molar-refractivity contribution in [1.82, 2.24) is 9.80 Å². The summed E-state index contributed by atoms with van der Waals surface area (Å²) in [6.07, 6.45) is 0.856. The summed E-state index contributed by atoms with van der Waals surface area (Å²) in [5.41, 5.74) is 6.98. The Morgan fingerprint density at radius 3 is 2.67 bits per heavy atom. The highest BCUT2D eigenvalue weighted by Crippen LogP contribution is 2.18. The summed E-state index contributed by atoms with van der Waals surface area (Å²) in [6.45, 7) is 5.05. The highest BCUT2D eigenvalue weighted by atomic mass is 79.9. The minimum atomic E-state index is -0.321. The third-order valence-corrected chi connectivity index (χ3v) is 4.55. The Labute approximate surface area is 133 Å². The predicted molar refractivity (Wildman–Crippen MR) is 85.0 cm³/mol. The second kappa shape index (κ2) is 7.04. The van der Waals surface area contributed by atoms with Gasteiger partial charge in [-0.15, -0.1) is 0 Å². The van der Waals surface area contributed by atoms with Gasteiger partial charge in [0.15, 0.2) is 0 Å². The molecule has 1 aliphatic heterocycles. The van der Waals surface area contributed by atoms with Crippen molar-refractivity contribution in [2.75, 3.05) is 32.7 Å². The fraction of sp³-hybridized carbons (Fsp3) is 0.467. The lowest BCUT2D eigenvalue weighted by Gasteiger charge is -2.21. The number of nitrogens with two attached hydrogens (primary N) is 1. The molecule has 21 heavy (non-hydrogen) atoms. The standard InChI is InChI=1S/C15H20BrN3O2/c1-11-9-12(3-4-13(11)16)15(21)19-6-2-5-18(7-8-19)10-14(17)20/h3-4,9H,2,5-8,10H2,1H3,(H2,17,20). The number of rotatable bonds is 3. The van der Waals surface area contributed by atoms with Crippen LogP contribution >= 0.6 is 15.9 Å². The molecule has 1 aromatic rings. The lowest BCUT2D eigenvalue weighted by molar-refractivity contribution is -0.119. The van der Waals surface area contributed by atoms with E-state index in [9.17, 15) is 9.59 Å². The number of carbonyl (C=O) groups is 2. The number of hydrogen-bond donors (Lipinski definition) is 1. The number of benzene rings is 1. The van der Waals surface area contributed by atoms with E-state index in [1.807, 2.05) is 34.9 Å². The van der Waals surface area contributed by atoms with Gasteiger partial charge in [0.1, 0.15) is 0 Å². The van der Waals surface area contributed by atoms with Crippen molar-refractivity contribution in [1.29, 1.82) is 0 Å². The molecule has 0 saturated carbocycles. The summed E-state index contributed by atoms with van der Waals surface area (Å²) in [5.74, 6) is -0.273. The second-order valence-electron chi connectivity index (χ2n) is 5.35. The van der Waals surface area contributed by atoms with Crippen LogP contribution in [0.2, 0.25) is 0 Å². The first-order valence-electron chi connectivity index (χ1n) is 7.03. The van der Waals surface area contributed by atoms with Crippen molar-refractivity contribution in [3.63, 3.8) is 0 Å². The Morgan fingerprint density at radius 2 is 2.00 bits per heavy atom. The molecule has 114 valence electrons. The van der Waals surface area contributed by atoms with Crippen LogP contribution in [0.15, 0.2) is 22.7 Å². The van der Waals surface area contributed by atoms with Crippen molar-refractivity contribution < 1.29 is 9.59 Å². The maximum atomic E-state index is 12.5. The van der Waals surface area contributed by atoms with Crippen molar-refractivity contribution in [2.45, 2.75) is 13.3 Å². The Kier molecular flexibility index (Phi) is 5.36. The molecule has 2 rings (SSSR count). The normalized spacial score (nSPS) is 16.6. The molecule has 1 fully saturated rings. The molecule has 1 heterocycles. The van der Waals surface area contributed by atoms with Crippen molar-refractivity contribution in [3.05, 3.63) is 33.8 Å². The van der Waals surface area contributed by atoms with Crippen LogP contribution in [0.3, 0.4) is 0 Å². The monoisotopic (exact) mass is 353 g/mol. The van der Waals surface area contributed by atoms with E-state index in [2.05, 4.69) is 15.9 Å². The fourth-order valence-corrected chi connectivity index (χ4v) is 2.76. The molecule has 5 nitrogen and oxygen atoms in total. The van der Waals surface area contributed by atoms with Crippen LogP contribution in [0.1, 0.15) is 22.3 Å². The number of halogens is 1. The molecule has 1 aromatic carbocycles. The van der Waals surface area contributed by atoms with Crippen LogP contribution in [-0.2, 0) is 4.79 Å². The van der Waals surface area contributed by atoms with E-state index >= 15 is 0 Å². The maximum Gasteiger partial charge on any atom is 0.253 e. The van der Waals surface area contributed by atoms with Crippen LogP contribution < -0.4 is 5.73 Å². The van der Waals surface area contributed by atoms with Gasteiger partial charge in [0.05, 0.1) is 6.54 Å². The number of hydrogen-bond acceptors (Lipinski definition) is 3. The molecule has 0 aromatic heterocycles. The van der Waals surface area contributed by atoms with Gasteiger partial charge in [0, 0.05) is 36.2 Å². The Bertz CT molecular complexity index is 548. The number of carbonyl (C=O) groups excluding carboxylic acids is 2.